The summed E-state index contributed by atoms with van der Waals surface area (Å²) in [7, 11) is 0. The van der Waals surface area contributed by atoms with Gasteiger partial charge in [0.1, 0.15) is 0 Å². The molecule has 1 aliphatic heterocycles. The van der Waals surface area contributed by atoms with Gasteiger partial charge in [0.05, 0.1) is 11.5 Å². The van der Waals surface area contributed by atoms with E-state index in [4.69, 9.17) is 0 Å². The molecular weight excluding hydrogens is 210 g/mol. The molecule has 1 aliphatic rings. The van der Waals surface area contributed by atoms with Crippen molar-refractivity contribution < 1.29 is 0 Å². The van der Waals surface area contributed by atoms with Crippen LogP contribution in [0, 0.1) is 11.3 Å². The number of hydrogen-bond acceptors (Lipinski definition) is 3. The van der Waals surface area contributed by atoms with E-state index in [1.165, 1.54) is 5.69 Å². The van der Waals surface area contributed by atoms with Crippen molar-refractivity contribution in [3.8, 4) is 6.07 Å². The first-order chi connectivity index (χ1) is 8.13. The zero-order chi connectivity index (χ0) is 12.3. The normalized spacial score (nSPS) is 16.6. The number of nitrogens with zero attached hydrogens (tertiary/aromatic N) is 2. The minimum atomic E-state index is -0.413. The smallest absolute Gasteiger partial charge is 0.0767 e. The summed E-state index contributed by atoms with van der Waals surface area (Å²) in [6, 6.07) is 10.7. The molecule has 0 aliphatic carbocycles. The van der Waals surface area contributed by atoms with Crippen LogP contribution in [-0.2, 0) is 5.41 Å². The predicted molar refractivity (Wildman–Crippen MR) is 70.2 cm³/mol. The second-order valence-electron chi connectivity index (χ2n) is 5.02. The Balaban J connectivity index is 2.25. The lowest BCUT2D eigenvalue weighted by Crippen LogP contribution is -2.43. The van der Waals surface area contributed by atoms with Gasteiger partial charge in [0.2, 0.25) is 0 Å². The monoisotopic (exact) mass is 229 g/mol. The van der Waals surface area contributed by atoms with E-state index in [9.17, 15) is 5.26 Å². The molecule has 90 valence electrons. The van der Waals surface area contributed by atoms with E-state index in [1.807, 2.05) is 26.0 Å². The zero-order valence-electron chi connectivity index (χ0n) is 10.5. The van der Waals surface area contributed by atoms with E-state index >= 15 is 0 Å². The maximum absolute atomic E-state index is 9.18. The molecule has 3 heteroatoms. The van der Waals surface area contributed by atoms with E-state index in [0.717, 1.165) is 31.7 Å². The standard InChI is InChI=1S/C14H19N3/c1-14(2,11-15)12-4-3-5-13(10-12)17-8-6-16-7-9-17/h3-5,10,16H,6-9H2,1-2H3. The van der Waals surface area contributed by atoms with Crippen molar-refractivity contribution in [2.45, 2.75) is 19.3 Å². The van der Waals surface area contributed by atoms with E-state index < -0.39 is 5.41 Å². The van der Waals surface area contributed by atoms with Crippen LogP contribution >= 0.6 is 0 Å². The van der Waals surface area contributed by atoms with Gasteiger partial charge in [-0.25, -0.2) is 0 Å². The average molecular weight is 229 g/mol. The molecule has 1 aromatic rings. The molecule has 1 fully saturated rings. The molecule has 0 spiro atoms. The van der Waals surface area contributed by atoms with Crippen molar-refractivity contribution in [1.82, 2.24) is 5.32 Å². The molecule has 0 atom stereocenters. The molecular formula is C14H19N3. The minimum absolute atomic E-state index is 0.413. The van der Waals surface area contributed by atoms with Crippen LogP contribution in [0.4, 0.5) is 5.69 Å². The third-order valence-corrected chi connectivity index (χ3v) is 3.33. The van der Waals surface area contributed by atoms with Crippen LogP contribution in [0.3, 0.4) is 0 Å². The molecule has 0 saturated carbocycles. The number of rotatable bonds is 2. The van der Waals surface area contributed by atoms with Crippen molar-refractivity contribution in [3.05, 3.63) is 29.8 Å². The summed E-state index contributed by atoms with van der Waals surface area (Å²) >= 11 is 0. The summed E-state index contributed by atoms with van der Waals surface area (Å²) in [6.45, 7) is 8.07. The molecule has 1 saturated heterocycles. The van der Waals surface area contributed by atoms with Gasteiger partial charge in [-0.1, -0.05) is 12.1 Å². The molecule has 3 nitrogen and oxygen atoms in total. The Bertz CT molecular complexity index is 425. The average Bonchev–Trinajstić information content (AvgIpc) is 2.40. The number of piperazine rings is 1. The van der Waals surface area contributed by atoms with Gasteiger partial charge in [0.25, 0.3) is 0 Å². The number of nitrogens with one attached hydrogen (secondary N) is 1. The van der Waals surface area contributed by atoms with Crippen LogP contribution in [-0.4, -0.2) is 26.2 Å². The van der Waals surface area contributed by atoms with Crippen LogP contribution < -0.4 is 10.2 Å². The van der Waals surface area contributed by atoms with Crippen LogP contribution in [0.25, 0.3) is 0 Å². The summed E-state index contributed by atoms with van der Waals surface area (Å²) in [5, 5.41) is 12.5. The Morgan fingerprint density at radius 2 is 2.00 bits per heavy atom. The van der Waals surface area contributed by atoms with Crippen LogP contribution in [0.15, 0.2) is 24.3 Å². The maximum atomic E-state index is 9.18. The van der Waals surface area contributed by atoms with E-state index in [0.29, 0.717) is 0 Å². The van der Waals surface area contributed by atoms with Gasteiger partial charge in [-0.3, -0.25) is 0 Å². The molecule has 0 amide bonds. The van der Waals surface area contributed by atoms with Gasteiger partial charge >= 0.3 is 0 Å². The largest absolute Gasteiger partial charge is 0.369 e. The number of anilines is 1. The number of hydrogen-bond donors (Lipinski definition) is 1. The molecule has 1 aromatic carbocycles. The van der Waals surface area contributed by atoms with Crippen LogP contribution in [0.2, 0.25) is 0 Å². The topological polar surface area (TPSA) is 39.1 Å². The summed E-state index contributed by atoms with van der Waals surface area (Å²) < 4.78 is 0. The third-order valence-electron chi connectivity index (χ3n) is 3.33. The highest BCUT2D eigenvalue weighted by Crippen LogP contribution is 2.26. The second kappa shape index (κ2) is 4.77. The fourth-order valence-electron chi connectivity index (χ4n) is 2.08. The molecule has 2 rings (SSSR count). The molecule has 17 heavy (non-hydrogen) atoms. The first kappa shape index (κ1) is 11.9. The summed E-state index contributed by atoms with van der Waals surface area (Å²) in [5.74, 6) is 0. The fraction of sp³-hybridized carbons (Fsp3) is 0.500. The first-order valence-corrected chi connectivity index (χ1v) is 6.11. The van der Waals surface area contributed by atoms with E-state index in [-0.39, 0.29) is 0 Å². The summed E-state index contributed by atoms with van der Waals surface area (Å²) in [6.07, 6.45) is 0. The third kappa shape index (κ3) is 2.59. The lowest BCUT2D eigenvalue weighted by molar-refractivity contribution is 0.588. The molecule has 1 N–H and O–H groups in total. The molecule has 0 bridgehead atoms. The molecule has 0 unspecified atom stereocenters. The van der Waals surface area contributed by atoms with E-state index in [1.54, 1.807) is 0 Å². The zero-order valence-corrected chi connectivity index (χ0v) is 10.5. The fourth-order valence-corrected chi connectivity index (χ4v) is 2.08. The van der Waals surface area contributed by atoms with Crippen molar-refractivity contribution in [3.63, 3.8) is 0 Å². The minimum Gasteiger partial charge on any atom is -0.369 e. The Morgan fingerprint density at radius 3 is 2.65 bits per heavy atom. The van der Waals surface area contributed by atoms with E-state index in [2.05, 4.69) is 28.4 Å². The maximum Gasteiger partial charge on any atom is 0.0767 e. The molecule has 0 aromatic heterocycles. The van der Waals surface area contributed by atoms with Gasteiger partial charge in [-0.15, -0.1) is 0 Å². The Kier molecular flexibility index (Phi) is 3.35. The quantitative estimate of drug-likeness (QED) is 0.842. The molecule has 0 radical (unpaired) electrons. The van der Waals surface area contributed by atoms with Crippen molar-refractivity contribution in [2.75, 3.05) is 31.1 Å². The van der Waals surface area contributed by atoms with Crippen molar-refractivity contribution >= 4 is 5.69 Å². The van der Waals surface area contributed by atoms with Gasteiger partial charge < -0.3 is 10.2 Å². The molecule has 1 heterocycles. The van der Waals surface area contributed by atoms with Crippen molar-refractivity contribution in [1.29, 1.82) is 5.26 Å². The summed E-state index contributed by atoms with van der Waals surface area (Å²) in [4.78, 5) is 2.37. The Hall–Kier alpha value is -1.53. The van der Waals surface area contributed by atoms with Gasteiger partial charge in [-0.2, -0.15) is 5.26 Å². The highest BCUT2D eigenvalue weighted by molar-refractivity contribution is 5.51. The highest BCUT2D eigenvalue weighted by Gasteiger charge is 2.20. The Labute approximate surface area is 103 Å². The number of nitriles is 1. The van der Waals surface area contributed by atoms with Gasteiger partial charge in [0, 0.05) is 31.9 Å². The number of benzene rings is 1. The summed E-state index contributed by atoms with van der Waals surface area (Å²) in [5.41, 5.74) is 1.91. The lowest BCUT2D eigenvalue weighted by atomic mass is 9.86. The highest BCUT2D eigenvalue weighted by atomic mass is 15.2. The first-order valence-electron chi connectivity index (χ1n) is 6.11. The predicted octanol–water partition coefficient (Wildman–Crippen LogP) is 1.90. The SMILES string of the molecule is CC(C)(C#N)c1cccc(N2CCNCC2)c1. The van der Waals surface area contributed by atoms with Crippen LogP contribution in [0.1, 0.15) is 19.4 Å². The lowest BCUT2D eigenvalue weighted by Gasteiger charge is -2.30. The van der Waals surface area contributed by atoms with Crippen LogP contribution in [0.5, 0.6) is 0 Å². The Morgan fingerprint density at radius 1 is 1.29 bits per heavy atom. The van der Waals surface area contributed by atoms with Crippen molar-refractivity contribution in [2.24, 2.45) is 0 Å². The van der Waals surface area contributed by atoms with Gasteiger partial charge in [-0.05, 0) is 31.5 Å². The van der Waals surface area contributed by atoms with Gasteiger partial charge in [0.15, 0.2) is 0 Å². The second-order valence-corrected chi connectivity index (χ2v) is 5.02.